The highest BCUT2D eigenvalue weighted by atomic mass is 32.1. The molecular weight excluding hydrogens is 410 g/mol. The molecule has 0 saturated carbocycles. The molecule has 7 heteroatoms. The lowest BCUT2D eigenvalue weighted by Crippen LogP contribution is -2.29. The predicted molar refractivity (Wildman–Crippen MR) is 122 cm³/mol. The first kappa shape index (κ1) is 19.0. The van der Waals surface area contributed by atoms with Gasteiger partial charge in [0.25, 0.3) is 5.78 Å². The molecule has 31 heavy (non-hydrogen) atoms. The Bertz CT molecular complexity index is 1330. The molecule has 6 nitrogen and oxygen atoms in total. The zero-order valence-electron chi connectivity index (χ0n) is 16.2. The van der Waals surface area contributed by atoms with Crippen LogP contribution in [-0.2, 0) is 9.59 Å². The number of nitrogen functional groups attached to an aromatic ring is 1. The van der Waals surface area contributed by atoms with E-state index in [-0.39, 0.29) is 11.3 Å². The van der Waals surface area contributed by atoms with Crippen LogP contribution in [0.25, 0.3) is 16.0 Å². The maximum absolute atomic E-state index is 13.2. The fraction of sp³-hybridized carbons (Fsp3) is 0.0417. The number of carbonyl (C=O) groups is 2. The Morgan fingerprint density at radius 1 is 0.968 bits per heavy atom. The highest BCUT2D eigenvalue weighted by molar-refractivity contribution is 7.22. The number of aromatic nitrogens is 1. The Hall–Kier alpha value is -3.97. The number of para-hydroxylation sites is 1. The number of rotatable bonds is 3. The zero-order chi connectivity index (χ0) is 21.5. The minimum absolute atomic E-state index is 0.0149. The summed E-state index contributed by atoms with van der Waals surface area (Å²) in [7, 11) is 0. The molecule has 0 radical (unpaired) electrons. The van der Waals surface area contributed by atoms with Gasteiger partial charge in [0.1, 0.15) is 5.76 Å². The SMILES string of the molecule is Nc1cccc(C2/C(=C(/O)c3ccccc3)C(=O)C(=O)N2c2nc3ccccc3s2)c1. The zero-order valence-corrected chi connectivity index (χ0v) is 17.0. The van der Waals surface area contributed by atoms with Crippen LogP contribution in [0.3, 0.4) is 0 Å². The number of ketones is 1. The summed E-state index contributed by atoms with van der Waals surface area (Å²) in [6.07, 6.45) is 0. The van der Waals surface area contributed by atoms with E-state index in [2.05, 4.69) is 4.98 Å². The Kier molecular flexibility index (Phi) is 4.52. The Labute approximate surface area is 181 Å². The van der Waals surface area contributed by atoms with Gasteiger partial charge in [0.05, 0.1) is 21.8 Å². The van der Waals surface area contributed by atoms with Crippen LogP contribution < -0.4 is 10.6 Å². The molecule has 3 aromatic carbocycles. The number of nitrogens with two attached hydrogens (primary N) is 1. The standard InChI is InChI=1S/C24H17N3O3S/c25-16-10-6-9-15(13-16)20-19(21(28)14-7-2-1-3-8-14)22(29)23(30)27(20)24-26-17-11-4-5-12-18(17)31-24/h1-13,20,28H,25H2/b21-19-. The van der Waals surface area contributed by atoms with E-state index in [9.17, 15) is 14.7 Å². The average molecular weight is 427 g/mol. The maximum atomic E-state index is 13.2. The van der Waals surface area contributed by atoms with Gasteiger partial charge in [0, 0.05) is 11.3 Å². The van der Waals surface area contributed by atoms with Crippen molar-refractivity contribution in [2.45, 2.75) is 6.04 Å². The van der Waals surface area contributed by atoms with E-state index in [0.29, 0.717) is 21.9 Å². The first-order chi connectivity index (χ1) is 15.0. The molecule has 0 aliphatic carbocycles. The molecule has 1 amide bonds. The van der Waals surface area contributed by atoms with Crippen molar-refractivity contribution in [1.82, 2.24) is 4.98 Å². The Morgan fingerprint density at radius 2 is 1.71 bits per heavy atom. The molecule has 1 fully saturated rings. The molecule has 1 aliphatic rings. The number of benzene rings is 3. The van der Waals surface area contributed by atoms with Gasteiger partial charge in [-0.15, -0.1) is 0 Å². The normalized spacial score (nSPS) is 18.1. The van der Waals surface area contributed by atoms with Crippen LogP contribution in [0.4, 0.5) is 10.8 Å². The van der Waals surface area contributed by atoms with Gasteiger partial charge in [0.2, 0.25) is 0 Å². The van der Waals surface area contributed by atoms with Gasteiger partial charge in [-0.25, -0.2) is 4.98 Å². The summed E-state index contributed by atoms with van der Waals surface area (Å²) in [6.45, 7) is 0. The number of fused-ring (bicyclic) bond motifs is 1. The topological polar surface area (TPSA) is 96.5 Å². The first-order valence-corrected chi connectivity index (χ1v) is 10.4. The van der Waals surface area contributed by atoms with E-state index in [4.69, 9.17) is 5.73 Å². The lowest BCUT2D eigenvalue weighted by molar-refractivity contribution is -0.132. The lowest BCUT2D eigenvalue weighted by atomic mass is 9.95. The number of thiazole rings is 1. The van der Waals surface area contributed by atoms with Crippen LogP contribution in [0.5, 0.6) is 0 Å². The molecule has 1 aliphatic heterocycles. The monoisotopic (exact) mass is 427 g/mol. The van der Waals surface area contributed by atoms with E-state index in [1.54, 1.807) is 48.5 Å². The van der Waals surface area contributed by atoms with E-state index in [1.165, 1.54) is 16.2 Å². The summed E-state index contributed by atoms with van der Waals surface area (Å²) >= 11 is 1.32. The molecule has 1 aromatic heterocycles. The van der Waals surface area contributed by atoms with E-state index >= 15 is 0 Å². The largest absolute Gasteiger partial charge is 0.507 e. The maximum Gasteiger partial charge on any atom is 0.301 e. The summed E-state index contributed by atoms with van der Waals surface area (Å²) in [6, 6.07) is 22.4. The summed E-state index contributed by atoms with van der Waals surface area (Å²) in [5.41, 5.74) is 8.31. The highest BCUT2D eigenvalue weighted by Crippen LogP contribution is 2.44. The van der Waals surface area contributed by atoms with Gasteiger partial charge in [-0.1, -0.05) is 65.9 Å². The van der Waals surface area contributed by atoms with Crippen LogP contribution in [-0.4, -0.2) is 21.8 Å². The van der Waals surface area contributed by atoms with Crippen molar-refractivity contribution in [3.05, 3.63) is 95.6 Å². The molecule has 3 N–H and O–H groups in total. The second-order valence-electron chi connectivity index (χ2n) is 7.17. The fourth-order valence-corrected chi connectivity index (χ4v) is 4.78. The minimum Gasteiger partial charge on any atom is -0.507 e. The fourth-order valence-electron chi connectivity index (χ4n) is 3.79. The molecule has 4 aromatic rings. The predicted octanol–water partition coefficient (Wildman–Crippen LogP) is 4.50. The van der Waals surface area contributed by atoms with Gasteiger partial charge >= 0.3 is 5.91 Å². The average Bonchev–Trinajstić information content (AvgIpc) is 3.32. The third kappa shape index (κ3) is 3.15. The van der Waals surface area contributed by atoms with Gasteiger partial charge < -0.3 is 10.8 Å². The smallest absolute Gasteiger partial charge is 0.301 e. The number of hydrogen-bond acceptors (Lipinski definition) is 6. The van der Waals surface area contributed by atoms with Gasteiger partial charge in [0.15, 0.2) is 5.13 Å². The molecule has 5 rings (SSSR count). The highest BCUT2D eigenvalue weighted by Gasteiger charge is 2.48. The van der Waals surface area contributed by atoms with Crippen molar-refractivity contribution in [3.63, 3.8) is 0 Å². The van der Waals surface area contributed by atoms with Gasteiger partial charge in [-0.05, 0) is 29.8 Å². The first-order valence-electron chi connectivity index (χ1n) is 9.62. The van der Waals surface area contributed by atoms with E-state index < -0.39 is 17.7 Å². The number of hydrogen-bond donors (Lipinski definition) is 2. The summed E-state index contributed by atoms with van der Waals surface area (Å²) in [4.78, 5) is 32.2. The van der Waals surface area contributed by atoms with Crippen molar-refractivity contribution in [2.24, 2.45) is 0 Å². The number of Topliss-reactive ketones (excluding diaryl/α,β-unsaturated/α-hetero) is 1. The molecule has 2 heterocycles. The van der Waals surface area contributed by atoms with Crippen molar-refractivity contribution in [2.75, 3.05) is 10.6 Å². The van der Waals surface area contributed by atoms with Crippen molar-refractivity contribution in [3.8, 4) is 0 Å². The van der Waals surface area contributed by atoms with E-state index in [0.717, 1.165) is 10.2 Å². The second kappa shape index (κ2) is 7.37. The molecular formula is C24H17N3O3S. The summed E-state index contributed by atoms with van der Waals surface area (Å²) in [5.74, 6) is -1.72. The molecule has 1 unspecified atom stereocenters. The Morgan fingerprint density at radius 3 is 2.45 bits per heavy atom. The van der Waals surface area contributed by atoms with Crippen molar-refractivity contribution >= 4 is 49.8 Å². The van der Waals surface area contributed by atoms with Gasteiger partial charge in [-0.2, -0.15) is 0 Å². The minimum atomic E-state index is -0.843. The third-order valence-corrected chi connectivity index (χ3v) is 6.24. The Balaban J connectivity index is 1.75. The quantitative estimate of drug-likeness (QED) is 0.217. The number of nitrogens with zero attached hydrogens (tertiary/aromatic N) is 2. The van der Waals surface area contributed by atoms with Crippen molar-refractivity contribution in [1.29, 1.82) is 0 Å². The van der Waals surface area contributed by atoms with E-state index in [1.807, 2.05) is 30.3 Å². The molecule has 0 bridgehead atoms. The molecule has 1 saturated heterocycles. The number of anilines is 2. The molecule has 0 spiro atoms. The number of carbonyl (C=O) groups excluding carboxylic acids is 2. The lowest BCUT2D eigenvalue weighted by Gasteiger charge is -2.23. The number of aliphatic hydroxyl groups excluding tert-OH is 1. The molecule has 152 valence electrons. The van der Waals surface area contributed by atoms with Crippen LogP contribution in [0.2, 0.25) is 0 Å². The van der Waals surface area contributed by atoms with Crippen LogP contribution in [0.15, 0.2) is 84.4 Å². The number of amides is 1. The van der Waals surface area contributed by atoms with Gasteiger partial charge in [-0.3, -0.25) is 14.5 Å². The second-order valence-corrected chi connectivity index (χ2v) is 8.18. The third-order valence-electron chi connectivity index (χ3n) is 5.21. The summed E-state index contributed by atoms with van der Waals surface area (Å²) in [5, 5.41) is 11.4. The number of aliphatic hydroxyl groups is 1. The van der Waals surface area contributed by atoms with Crippen LogP contribution >= 0.6 is 11.3 Å². The van der Waals surface area contributed by atoms with Crippen LogP contribution in [0.1, 0.15) is 17.2 Å². The van der Waals surface area contributed by atoms with Crippen molar-refractivity contribution < 1.29 is 14.7 Å². The van der Waals surface area contributed by atoms with Crippen LogP contribution in [0, 0.1) is 0 Å². The molecule has 1 atom stereocenters. The summed E-state index contributed by atoms with van der Waals surface area (Å²) < 4.78 is 0.897.